The van der Waals surface area contributed by atoms with Gasteiger partial charge >= 0.3 is 0 Å². The van der Waals surface area contributed by atoms with Crippen molar-refractivity contribution < 1.29 is 4.79 Å². The van der Waals surface area contributed by atoms with Gasteiger partial charge in [-0.2, -0.15) is 0 Å². The monoisotopic (exact) mass is 271 g/mol. The second-order valence-electron chi connectivity index (χ2n) is 6.58. The van der Waals surface area contributed by atoms with E-state index in [1.165, 1.54) is 0 Å². The predicted molar refractivity (Wildman–Crippen MR) is 79.4 cm³/mol. The highest BCUT2D eigenvalue weighted by atomic mass is 16.2. The van der Waals surface area contributed by atoms with Gasteiger partial charge in [-0.25, -0.2) is 4.98 Å². The number of hydrogen-bond acceptors (Lipinski definition) is 2. The second-order valence-corrected chi connectivity index (χ2v) is 6.58. The smallest absolute Gasteiger partial charge is 0.228 e. The van der Waals surface area contributed by atoms with Gasteiger partial charge in [0.25, 0.3) is 0 Å². The van der Waals surface area contributed by atoms with Crippen molar-refractivity contribution in [3.8, 4) is 0 Å². The first-order valence-electron chi connectivity index (χ1n) is 7.18. The van der Waals surface area contributed by atoms with E-state index in [1.54, 1.807) is 0 Å². The SMILES string of the molecule is CC(C)(C)C(=O)N1CC[C@H](n2cnc3ccccc32)C1. The molecule has 4 heteroatoms. The Morgan fingerprint density at radius 3 is 2.80 bits per heavy atom. The van der Waals surface area contributed by atoms with Crippen molar-refractivity contribution in [1.29, 1.82) is 0 Å². The molecular formula is C16H21N3O. The molecule has 0 N–H and O–H groups in total. The van der Waals surface area contributed by atoms with E-state index in [4.69, 9.17) is 0 Å². The van der Waals surface area contributed by atoms with Crippen LogP contribution in [0.1, 0.15) is 33.2 Å². The summed E-state index contributed by atoms with van der Waals surface area (Å²) < 4.78 is 2.21. The fraction of sp³-hybridized carbons (Fsp3) is 0.500. The highest BCUT2D eigenvalue weighted by Crippen LogP contribution is 2.28. The van der Waals surface area contributed by atoms with Crippen molar-refractivity contribution in [2.24, 2.45) is 5.41 Å². The standard InChI is InChI=1S/C16H21N3O/c1-16(2,3)15(20)18-9-8-12(10-18)19-11-17-13-6-4-5-7-14(13)19/h4-7,11-12H,8-10H2,1-3H3/t12-/m0/s1. The average Bonchev–Trinajstić information content (AvgIpc) is 3.02. The lowest BCUT2D eigenvalue weighted by Crippen LogP contribution is -2.38. The maximum Gasteiger partial charge on any atom is 0.228 e. The third kappa shape index (κ3) is 2.19. The van der Waals surface area contributed by atoms with Crippen LogP contribution in [0.15, 0.2) is 30.6 Å². The van der Waals surface area contributed by atoms with Crippen molar-refractivity contribution >= 4 is 16.9 Å². The predicted octanol–water partition coefficient (Wildman–Crippen LogP) is 2.86. The summed E-state index contributed by atoms with van der Waals surface area (Å²) in [6.45, 7) is 7.57. The van der Waals surface area contributed by atoms with Gasteiger partial charge in [-0.1, -0.05) is 32.9 Å². The molecule has 1 aromatic heterocycles. The molecule has 1 amide bonds. The molecule has 2 aromatic rings. The van der Waals surface area contributed by atoms with Crippen LogP contribution in [0.2, 0.25) is 0 Å². The molecule has 4 nitrogen and oxygen atoms in total. The molecule has 0 bridgehead atoms. The van der Waals surface area contributed by atoms with E-state index in [2.05, 4.69) is 15.6 Å². The zero-order chi connectivity index (χ0) is 14.3. The zero-order valence-corrected chi connectivity index (χ0v) is 12.3. The summed E-state index contributed by atoms with van der Waals surface area (Å²) in [7, 11) is 0. The number of para-hydroxylation sites is 2. The van der Waals surface area contributed by atoms with Crippen LogP contribution in [0.3, 0.4) is 0 Å². The molecular weight excluding hydrogens is 250 g/mol. The van der Waals surface area contributed by atoms with Crippen LogP contribution in [-0.4, -0.2) is 33.4 Å². The molecule has 0 saturated carbocycles. The van der Waals surface area contributed by atoms with Crippen molar-refractivity contribution in [3.63, 3.8) is 0 Å². The molecule has 0 radical (unpaired) electrons. The van der Waals surface area contributed by atoms with Gasteiger partial charge in [-0.15, -0.1) is 0 Å². The van der Waals surface area contributed by atoms with E-state index in [1.807, 2.05) is 50.2 Å². The Hall–Kier alpha value is -1.84. The minimum atomic E-state index is -0.300. The first-order valence-corrected chi connectivity index (χ1v) is 7.18. The summed E-state index contributed by atoms with van der Waals surface area (Å²) >= 11 is 0. The summed E-state index contributed by atoms with van der Waals surface area (Å²) in [5.41, 5.74) is 1.88. The highest BCUT2D eigenvalue weighted by Gasteiger charge is 2.33. The van der Waals surface area contributed by atoms with Crippen LogP contribution in [0.4, 0.5) is 0 Å². The summed E-state index contributed by atoms with van der Waals surface area (Å²) in [5.74, 6) is 0.240. The summed E-state index contributed by atoms with van der Waals surface area (Å²) in [5, 5.41) is 0. The lowest BCUT2D eigenvalue weighted by Gasteiger charge is -2.25. The van der Waals surface area contributed by atoms with E-state index in [9.17, 15) is 4.79 Å². The Morgan fingerprint density at radius 2 is 2.05 bits per heavy atom. The number of benzene rings is 1. The number of amides is 1. The van der Waals surface area contributed by atoms with Crippen molar-refractivity contribution in [1.82, 2.24) is 14.5 Å². The number of fused-ring (bicyclic) bond motifs is 1. The van der Waals surface area contributed by atoms with Gasteiger partial charge in [0.15, 0.2) is 0 Å². The average molecular weight is 271 g/mol. The van der Waals surface area contributed by atoms with Gasteiger partial charge in [-0.05, 0) is 18.6 Å². The molecule has 0 unspecified atom stereocenters. The molecule has 0 aliphatic carbocycles. The van der Waals surface area contributed by atoms with Gasteiger partial charge in [0, 0.05) is 18.5 Å². The molecule has 1 saturated heterocycles. The van der Waals surface area contributed by atoms with Gasteiger partial charge in [-0.3, -0.25) is 4.79 Å². The van der Waals surface area contributed by atoms with E-state index in [0.29, 0.717) is 6.04 Å². The second kappa shape index (κ2) is 4.62. The number of imidazole rings is 1. The van der Waals surface area contributed by atoms with Crippen LogP contribution in [0.25, 0.3) is 11.0 Å². The molecule has 1 aliphatic rings. The van der Waals surface area contributed by atoms with Crippen LogP contribution in [0, 0.1) is 5.41 Å². The topological polar surface area (TPSA) is 38.1 Å². The van der Waals surface area contributed by atoms with E-state index >= 15 is 0 Å². The third-order valence-electron chi connectivity index (χ3n) is 3.97. The Labute approximate surface area is 119 Å². The lowest BCUT2D eigenvalue weighted by atomic mass is 9.95. The number of aromatic nitrogens is 2. The number of carbonyl (C=O) groups is 1. The Morgan fingerprint density at radius 1 is 1.30 bits per heavy atom. The van der Waals surface area contributed by atoms with E-state index in [0.717, 1.165) is 30.5 Å². The molecule has 1 aliphatic heterocycles. The van der Waals surface area contributed by atoms with Gasteiger partial charge < -0.3 is 9.47 Å². The molecule has 20 heavy (non-hydrogen) atoms. The third-order valence-corrected chi connectivity index (χ3v) is 3.97. The zero-order valence-electron chi connectivity index (χ0n) is 12.3. The van der Waals surface area contributed by atoms with Crippen LogP contribution < -0.4 is 0 Å². The van der Waals surface area contributed by atoms with Crippen molar-refractivity contribution in [2.75, 3.05) is 13.1 Å². The largest absolute Gasteiger partial charge is 0.340 e. The summed E-state index contributed by atoms with van der Waals surface area (Å²) in [4.78, 5) is 18.8. The summed E-state index contributed by atoms with van der Waals surface area (Å²) in [6, 6.07) is 8.50. The highest BCUT2D eigenvalue weighted by molar-refractivity contribution is 5.82. The molecule has 1 atom stereocenters. The maximum absolute atomic E-state index is 12.3. The van der Waals surface area contributed by atoms with E-state index in [-0.39, 0.29) is 11.3 Å². The Bertz CT molecular complexity index is 638. The minimum Gasteiger partial charge on any atom is -0.340 e. The van der Waals surface area contributed by atoms with Crippen molar-refractivity contribution in [2.45, 2.75) is 33.2 Å². The first-order chi connectivity index (χ1) is 9.47. The van der Waals surface area contributed by atoms with Crippen molar-refractivity contribution in [3.05, 3.63) is 30.6 Å². The van der Waals surface area contributed by atoms with Gasteiger partial charge in [0.1, 0.15) is 0 Å². The molecule has 2 heterocycles. The fourth-order valence-corrected chi connectivity index (χ4v) is 2.90. The number of carbonyl (C=O) groups excluding carboxylic acids is 1. The Balaban J connectivity index is 1.82. The maximum atomic E-state index is 12.3. The normalized spacial score (nSPS) is 19.8. The number of likely N-dealkylation sites (tertiary alicyclic amines) is 1. The lowest BCUT2D eigenvalue weighted by molar-refractivity contribution is -0.138. The molecule has 3 rings (SSSR count). The number of nitrogens with zero attached hydrogens (tertiary/aromatic N) is 3. The quantitative estimate of drug-likeness (QED) is 0.800. The molecule has 106 valence electrons. The minimum absolute atomic E-state index is 0.240. The number of rotatable bonds is 1. The van der Waals surface area contributed by atoms with Gasteiger partial charge in [0.2, 0.25) is 5.91 Å². The summed E-state index contributed by atoms with van der Waals surface area (Å²) in [6.07, 6.45) is 2.91. The molecule has 1 fully saturated rings. The van der Waals surface area contributed by atoms with Crippen LogP contribution in [0.5, 0.6) is 0 Å². The first kappa shape index (κ1) is 13.2. The van der Waals surface area contributed by atoms with E-state index < -0.39 is 0 Å². The molecule has 0 spiro atoms. The van der Waals surface area contributed by atoms with Crippen LogP contribution in [-0.2, 0) is 4.79 Å². The number of hydrogen-bond donors (Lipinski definition) is 0. The fourth-order valence-electron chi connectivity index (χ4n) is 2.90. The molecule has 1 aromatic carbocycles. The Kier molecular flexibility index (Phi) is 3.04. The van der Waals surface area contributed by atoms with Crippen LogP contribution >= 0.6 is 0 Å². The van der Waals surface area contributed by atoms with Gasteiger partial charge in [0.05, 0.1) is 23.4 Å².